The first-order valence-corrected chi connectivity index (χ1v) is 10.3. The van der Waals surface area contributed by atoms with Gasteiger partial charge in [-0.15, -0.1) is 0 Å². The van der Waals surface area contributed by atoms with Crippen molar-refractivity contribution in [2.75, 3.05) is 11.9 Å². The van der Waals surface area contributed by atoms with Crippen LogP contribution >= 0.6 is 0 Å². The number of nitrogens with zero attached hydrogens (tertiary/aromatic N) is 2. The second kappa shape index (κ2) is 8.40. The first-order valence-electron chi connectivity index (χ1n) is 8.83. The minimum Gasteiger partial charge on any atom is -0.322 e. The van der Waals surface area contributed by atoms with E-state index in [9.17, 15) is 36.5 Å². The van der Waals surface area contributed by atoms with Crippen molar-refractivity contribution in [2.45, 2.75) is 30.2 Å². The van der Waals surface area contributed by atoms with Gasteiger partial charge in [0.1, 0.15) is 6.04 Å². The zero-order chi connectivity index (χ0) is 22.1. The molecule has 1 fully saturated rings. The number of carbonyl (C=O) groups is 1. The van der Waals surface area contributed by atoms with E-state index in [4.69, 9.17) is 0 Å². The third-order valence-electron chi connectivity index (χ3n) is 4.70. The third-order valence-corrected chi connectivity index (χ3v) is 6.63. The Hall–Kier alpha value is -2.99. The van der Waals surface area contributed by atoms with E-state index in [1.165, 1.54) is 0 Å². The molecule has 8 nitrogen and oxygen atoms in total. The molecule has 1 N–H and O–H groups in total. The molecule has 0 saturated carbocycles. The van der Waals surface area contributed by atoms with Crippen LogP contribution in [-0.4, -0.2) is 36.1 Å². The van der Waals surface area contributed by atoms with Crippen LogP contribution in [0.25, 0.3) is 0 Å². The Kier molecular flexibility index (Phi) is 6.08. The average molecular weight is 443 g/mol. The fraction of sp³-hybridized carbons (Fsp3) is 0.278. The molecule has 1 aliphatic heterocycles. The van der Waals surface area contributed by atoms with E-state index in [1.54, 1.807) is 0 Å². The number of benzene rings is 2. The number of hydrogen-bond acceptors (Lipinski definition) is 5. The number of sulfonamides is 1. The summed E-state index contributed by atoms with van der Waals surface area (Å²) >= 11 is 0. The lowest BCUT2D eigenvalue weighted by Crippen LogP contribution is -2.49. The minimum atomic E-state index is -4.19. The molecule has 0 bridgehead atoms. The van der Waals surface area contributed by atoms with Gasteiger partial charge in [-0.3, -0.25) is 14.9 Å². The van der Waals surface area contributed by atoms with Crippen molar-refractivity contribution in [3.05, 3.63) is 64.0 Å². The maximum absolute atomic E-state index is 13.9. The van der Waals surface area contributed by atoms with Gasteiger partial charge in [-0.1, -0.05) is 6.42 Å². The zero-order valence-corrected chi connectivity index (χ0v) is 16.2. The molecular formula is C18H16F3N3O5S. The molecule has 1 saturated heterocycles. The molecule has 0 unspecified atom stereocenters. The number of nitro benzene ring substituents is 1. The van der Waals surface area contributed by atoms with Crippen LogP contribution in [0.15, 0.2) is 41.3 Å². The van der Waals surface area contributed by atoms with Crippen molar-refractivity contribution in [1.29, 1.82) is 0 Å². The summed E-state index contributed by atoms with van der Waals surface area (Å²) in [5.41, 5.74) is -0.909. The fourth-order valence-electron chi connectivity index (χ4n) is 3.17. The van der Waals surface area contributed by atoms with E-state index < -0.39 is 50.0 Å². The lowest BCUT2D eigenvalue weighted by Gasteiger charge is -2.33. The van der Waals surface area contributed by atoms with Gasteiger partial charge < -0.3 is 5.32 Å². The molecule has 2 aromatic rings. The maximum Gasteiger partial charge on any atom is 0.269 e. The van der Waals surface area contributed by atoms with Crippen LogP contribution in [0.4, 0.5) is 24.5 Å². The van der Waals surface area contributed by atoms with Crippen LogP contribution in [-0.2, 0) is 14.8 Å². The van der Waals surface area contributed by atoms with E-state index in [2.05, 4.69) is 5.32 Å². The molecule has 0 radical (unpaired) electrons. The normalized spacial score (nSPS) is 17.5. The molecule has 0 spiro atoms. The molecule has 0 aliphatic carbocycles. The van der Waals surface area contributed by atoms with E-state index in [0.717, 1.165) is 34.6 Å². The van der Waals surface area contributed by atoms with Crippen molar-refractivity contribution in [3.63, 3.8) is 0 Å². The summed E-state index contributed by atoms with van der Waals surface area (Å²) in [6.45, 7) is -0.00231. The standard InChI is InChI=1S/C18H16F3N3O5S/c19-13-8-9-14(17(21)16(13)20)22-18(25)15-3-1-2-10-23(15)30(28,29)12-6-4-11(5-7-12)24(26)27/h4-9,15H,1-3,10H2,(H,22,25)/t15-/m1/s1. The van der Waals surface area contributed by atoms with Crippen LogP contribution < -0.4 is 5.32 Å². The maximum atomic E-state index is 13.9. The smallest absolute Gasteiger partial charge is 0.269 e. The van der Waals surface area contributed by atoms with Gasteiger partial charge in [0.2, 0.25) is 15.9 Å². The van der Waals surface area contributed by atoms with Gasteiger partial charge in [-0.25, -0.2) is 21.6 Å². The van der Waals surface area contributed by atoms with Crippen LogP contribution in [0.3, 0.4) is 0 Å². The van der Waals surface area contributed by atoms with Crippen LogP contribution in [0, 0.1) is 27.6 Å². The van der Waals surface area contributed by atoms with E-state index >= 15 is 0 Å². The van der Waals surface area contributed by atoms with Crippen molar-refractivity contribution in [2.24, 2.45) is 0 Å². The highest BCUT2D eigenvalue weighted by Gasteiger charge is 2.38. The number of non-ortho nitro benzene ring substituents is 1. The van der Waals surface area contributed by atoms with Gasteiger partial charge in [-0.2, -0.15) is 4.31 Å². The quantitative estimate of drug-likeness (QED) is 0.434. The Bertz CT molecular complexity index is 1090. The predicted octanol–water partition coefficient (Wildman–Crippen LogP) is 3.19. The topological polar surface area (TPSA) is 110 Å². The Morgan fingerprint density at radius 1 is 1.07 bits per heavy atom. The monoisotopic (exact) mass is 443 g/mol. The van der Waals surface area contributed by atoms with E-state index in [-0.39, 0.29) is 23.5 Å². The number of rotatable bonds is 5. The number of carbonyl (C=O) groups excluding carboxylic acids is 1. The SMILES string of the molecule is O=C(Nc1ccc(F)c(F)c1F)[C@H]1CCCCN1S(=O)(=O)c1ccc([N+](=O)[O-])cc1. The Balaban J connectivity index is 1.87. The van der Waals surface area contributed by atoms with Crippen molar-refractivity contribution < 1.29 is 31.3 Å². The van der Waals surface area contributed by atoms with Crippen LogP contribution in [0.2, 0.25) is 0 Å². The first-order chi connectivity index (χ1) is 14.1. The Morgan fingerprint density at radius 2 is 1.73 bits per heavy atom. The molecule has 1 heterocycles. The third kappa shape index (κ3) is 4.14. The molecule has 1 aliphatic rings. The largest absolute Gasteiger partial charge is 0.322 e. The Labute approximate surface area is 169 Å². The number of nitrogens with one attached hydrogen (secondary N) is 1. The lowest BCUT2D eigenvalue weighted by molar-refractivity contribution is -0.384. The summed E-state index contributed by atoms with van der Waals surface area (Å²) in [5.74, 6) is -5.67. The zero-order valence-electron chi connectivity index (χ0n) is 15.3. The molecular weight excluding hydrogens is 427 g/mol. The molecule has 1 amide bonds. The summed E-state index contributed by atoms with van der Waals surface area (Å²) in [6.07, 6.45) is 1.11. The average Bonchev–Trinajstić information content (AvgIpc) is 2.74. The number of amides is 1. The van der Waals surface area contributed by atoms with Crippen molar-refractivity contribution >= 4 is 27.3 Å². The van der Waals surface area contributed by atoms with Crippen LogP contribution in [0.1, 0.15) is 19.3 Å². The van der Waals surface area contributed by atoms with Gasteiger partial charge in [0.15, 0.2) is 17.5 Å². The van der Waals surface area contributed by atoms with Gasteiger partial charge in [0.25, 0.3) is 5.69 Å². The van der Waals surface area contributed by atoms with Crippen molar-refractivity contribution in [1.82, 2.24) is 4.31 Å². The number of anilines is 1. The highest BCUT2D eigenvalue weighted by Crippen LogP contribution is 2.28. The summed E-state index contributed by atoms with van der Waals surface area (Å²) < 4.78 is 67.3. The second-order valence-corrected chi connectivity index (χ2v) is 8.48. The summed E-state index contributed by atoms with van der Waals surface area (Å²) in [4.78, 5) is 22.5. The van der Waals surface area contributed by atoms with Gasteiger partial charge in [0, 0.05) is 18.7 Å². The molecule has 160 valence electrons. The Morgan fingerprint density at radius 3 is 2.37 bits per heavy atom. The first kappa shape index (κ1) is 21.7. The molecule has 30 heavy (non-hydrogen) atoms. The summed E-state index contributed by atoms with van der Waals surface area (Å²) in [5, 5.41) is 12.9. The minimum absolute atomic E-state index is 0.00231. The van der Waals surface area contributed by atoms with E-state index in [1.807, 2.05) is 0 Å². The molecule has 12 heteroatoms. The number of hydrogen-bond donors (Lipinski definition) is 1. The lowest BCUT2D eigenvalue weighted by atomic mass is 10.0. The highest BCUT2D eigenvalue weighted by atomic mass is 32.2. The van der Waals surface area contributed by atoms with Gasteiger partial charge >= 0.3 is 0 Å². The molecule has 2 aromatic carbocycles. The summed E-state index contributed by atoms with van der Waals surface area (Å²) in [6, 6.07) is 4.44. The number of halogens is 3. The number of piperidine rings is 1. The van der Waals surface area contributed by atoms with E-state index in [0.29, 0.717) is 18.9 Å². The molecule has 1 atom stereocenters. The molecule has 0 aromatic heterocycles. The predicted molar refractivity (Wildman–Crippen MR) is 99.6 cm³/mol. The second-order valence-electron chi connectivity index (χ2n) is 6.59. The van der Waals surface area contributed by atoms with Crippen LogP contribution in [0.5, 0.6) is 0 Å². The van der Waals surface area contributed by atoms with Crippen molar-refractivity contribution in [3.8, 4) is 0 Å². The number of nitro groups is 1. The van der Waals surface area contributed by atoms with Gasteiger partial charge in [0.05, 0.1) is 15.5 Å². The highest BCUT2D eigenvalue weighted by molar-refractivity contribution is 7.89. The summed E-state index contributed by atoms with van der Waals surface area (Å²) in [7, 11) is -4.19. The molecule has 3 rings (SSSR count). The fourth-order valence-corrected chi connectivity index (χ4v) is 4.82. The van der Waals surface area contributed by atoms with Gasteiger partial charge in [-0.05, 0) is 37.1 Å².